The first-order valence-electron chi connectivity index (χ1n) is 3.30. The van der Waals surface area contributed by atoms with E-state index in [1.54, 1.807) is 0 Å². The van der Waals surface area contributed by atoms with Gasteiger partial charge in [-0.3, -0.25) is 0 Å². The Hall–Kier alpha value is 0.608. The van der Waals surface area contributed by atoms with Gasteiger partial charge in [0.05, 0.1) is 0 Å². The van der Waals surface area contributed by atoms with Crippen molar-refractivity contribution in [1.29, 1.82) is 0 Å². The van der Waals surface area contributed by atoms with Crippen molar-refractivity contribution in [2.75, 3.05) is 26.7 Å². The summed E-state index contributed by atoms with van der Waals surface area (Å²) in [5.74, 6) is 0. The fourth-order valence-electron chi connectivity index (χ4n) is 0.715. The molecular weight excluding hydrogens is 296 g/mol. The van der Waals surface area contributed by atoms with Crippen LogP contribution in [0.3, 0.4) is 0 Å². The van der Waals surface area contributed by atoms with Crippen LogP contribution in [0.25, 0.3) is 0 Å². The molecule has 0 aromatic heterocycles. The van der Waals surface area contributed by atoms with E-state index in [9.17, 15) is 0 Å². The maximum Gasteiger partial charge on any atom is 2.00 e. The second kappa shape index (κ2) is 9.61. The molecule has 0 unspecified atom stereocenters. The summed E-state index contributed by atoms with van der Waals surface area (Å²) < 4.78 is 0. The van der Waals surface area contributed by atoms with Crippen molar-refractivity contribution in [3.63, 3.8) is 0 Å². The molecule has 0 bridgehead atoms. The second-order valence-electron chi connectivity index (χ2n) is 2.13. The third kappa shape index (κ3) is 8.61. The van der Waals surface area contributed by atoms with Gasteiger partial charge in [0, 0.05) is 0 Å². The molecule has 2 nitrogen and oxygen atoms in total. The number of hydrogen-bond acceptors (Lipinski definition) is 2. The Balaban J connectivity index is 0. The summed E-state index contributed by atoms with van der Waals surface area (Å²) in [5, 5.41) is 0. The summed E-state index contributed by atoms with van der Waals surface area (Å²) >= 11 is 0. The molecule has 0 atom stereocenters. The molecule has 1 heterocycles. The van der Waals surface area contributed by atoms with E-state index in [1.807, 2.05) is 0 Å². The van der Waals surface area contributed by atoms with Crippen LogP contribution in [0.5, 0.6) is 0 Å². The van der Waals surface area contributed by atoms with Gasteiger partial charge in [0.2, 0.25) is 0 Å². The van der Waals surface area contributed by atoms with Crippen LogP contribution >= 0.6 is 0 Å². The van der Waals surface area contributed by atoms with Crippen LogP contribution in [0.2, 0.25) is 0 Å². The van der Waals surface area contributed by atoms with E-state index in [0.717, 1.165) is 0 Å². The van der Waals surface area contributed by atoms with Crippen LogP contribution in [-0.4, -0.2) is 31.6 Å². The zero-order valence-corrected chi connectivity index (χ0v) is 9.48. The number of nitrogens with two attached hydrogens (primary N) is 1. The van der Waals surface area contributed by atoms with Crippen molar-refractivity contribution in [3.8, 4) is 0 Å². The van der Waals surface area contributed by atoms with Gasteiger partial charge < -0.3 is 24.0 Å². The van der Waals surface area contributed by atoms with Crippen molar-refractivity contribution in [3.05, 3.63) is 13.3 Å². The minimum absolute atomic E-state index is 0. The average molecular weight is 312 g/mol. The fraction of sp³-hybridized carbons (Fsp3) is 0.714. The molecule has 0 aromatic rings. The van der Waals surface area contributed by atoms with Crippen LogP contribution < -0.4 is 5.73 Å². The minimum atomic E-state index is 0. The molecule has 0 spiro atoms. The summed E-state index contributed by atoms with van der Waals surface area (Å²) in [6, 6.07) is 0. The first-order chi connectivity index (χ1) is 4.31. The summed E-state index contributed by atoms with van der Waals surface area (Å²) in [4.78, 5) is 2.31. The van der Waals surface area contributed by atoms with Crippen molar-refractivity contribution in [1.82, 2.24) is 4.90 Å². The Morgan fingerprint density at radius 2 is 2.20 bits per heavy atom. The number of rotatable bonds is 0. The van der Waals surface area contributed by atoms with Crippen LogP contribution in [0, 0.1) is 13.3 Å². The predicted molar refractivity (Wildman–Crippen MR) is 40.8 cm³/mol. The third-order valence-electron chi connectivity index (χ3n) is 1.16. The van der Waals surface area contributed by atoms with E-state index in [2.05, 4.69) is 25.3 Å². The smallest absolute Gasteiger partial charge is 0.360 e. The molecule has 3 heteroatoms. The van der Waals surface area contributed by atoms with Crippen molar-refractivity contribution in [2.24, 2.45) is 5.73 Å². The largest absolute Gasteiger partial charge is 2.00 e. The van der Waals surface area contributed by atoms with E-state index in [1.165, 1.54) is 19.5 Å². The first-order valence-corrected chi connectivity index (χ1v) is 3.30. The molecule has 0 saturated carbocycles. The zero-order chi connectivity index (χ0) is 7.11. The number of nitrogens with zero attached hydrogens (tertiary/aromatic N) is 1. The monoisotopic (exact) mass is 312 g/mol. The fourth-order valence-corrected chi connectivity index (χ4v) is 0.715. The van der Waals surface area contributed by atoms with Gasteiger partial charge in [0.25, 0.3) is 0 Å². The van der Waals surface area contributed by atoms with E-state index in [0.29, 0.717) is 6.54 Å². The molecule has 1 aliphatic heterocycles. The summed E-state index contributed by atoms with van der Waals surface area (Å²) in [5.41, 5.74) is 4.74. The van der Waals surface area contributed by atoms with Gasteiger partial charge in [-0.25, -0.2) is 0 Å². The van der Waals surface area contributed by atoms with Crippen molar-refractivity contribution >= 4 is 0 Å². The van der Waals surface area contributed by atoms with Crippen LogP contribution in [0.15, 0.2) is 0 Å². The van der Waals surface area contributed by atoms with Crippen LogP contribution in [0.4, 0.5) is 0 Å². The maximum absolute atomic E-state index is 4.74. The molecule has 10 heavy (non-hydrogen) atoms. The minimum Gasteiger partial charge on any atom is -0.360 e. The molecule has 1 fully saturated rings. The molecule has 0 aliphatic carbocycles. The summed E-state index contributed by atoms with van der Waals surface area (Å²) in [6.07, 6.45) is 3.59. The van der Waals surface area contributed by atoms with Gasteiger partial charge in [0.15, 0.2) is 0 Å². The molecular formula is C7H16N2W. The Kier molecular flexibility index (Phi) is 12.7. The van der Waals surface area contributed by atoms with Crippen LogP contribution in [-0.2, 0) is 21.1 Å². The van der Waals surface area contributed by atoms with Gasteiger partial charge in [-0.05, 0) is 13.6 Å². The van der Waals surface area contributed by atoms with E-state index < -0.39 is 0 Å². The maximum atomic E-state index is 4.74. The number of likely N-dealkylation sites (tertiary alicyclic amines) is 1. The average Bonchev–Trinajstić information content (AvgIpc) is 2.20. The molecule has 0 radical (unpaired) electrons. The normalized spacial score (nSPS) is 17.1. The van der Waals surface area contributed by atoms with Gasteiger partial charge in [-0.1, -0.05) is 0 Å². The van der Waals surface area contributed by atoms with Crippen molar-refractivity contribution < 1.29 is 21.1 Å². The topological polar surface area (TPSA) is 29.3 Å². The van der Waals surface area contributed by atoms with E-state index in [-0.39, 0.29) is 21.1 Å². The number of hydrogen-bond donors (Lipinski definition) is 1. The van der Waals surface area contributed by atoms with Gasteiger partial charge >= 0.3 is 21.1 Å². The SMILES string of the molecule is CN1C[CH-]CC1.[CH2-]CN.[W+2]. The van der Waals surface area contributed by atoms with Crippen LogP contribution in [0.1, 0.15) is 6.42 Å². The molecule has 2 N–H and O–H groups in total. The molecule has 0 aromatic carbocycles. The Morgan fingerprint density at radius 3 is 2.30 bits per heavy atom. The molecule has 1 aliphatic rings. The van der Waals surface area contributed by atoms with E-state index in [4.69, 9.17) is 5.73 Å². The summed E-state index contributed by atoms with van der Waals surface area (Å²) in [6.45, 7) is 6.22. The Bertz CT molecular complexity index is 53.6. The van der Waals surface area contributed by atoms with Gasteiger partial charge in [-0.15, -0.1) is 13.1 Å². The zero-order valence-electron chi connectivity index (χ0n) is 6.55. The quantitative estimate of drug-likeness (QED) is 0.652. The third-order valence-corrected chi connectivity index (χ3v) is 1.16. The predicted octanol–water partition coefficient (Wildman–Crippen LogP) is 0.303. The van der Waals surface area contributed by atoms with Gasteiger partial charge in [-0.2, -0.15) is 6.42 Å². The van der Waals surface area contributed by atoms with Gasteiger partial charge in [0.1, 0.15) is 0 Å². The molecule has 60 valence electrons. The molecule has 1 saturated heterocycles. The Morgan fingerprint density at radius 1 is 1.70 bits per heavy atom. The van der Waals surface area contributed by atoms with Crippen molar-refractivity contribution in [2.45, 2.75) is 6.42 Å². The standard InChI is InChI=1S/C5H10N.C2H6N.W/c1-6-4-2-3-5-6;1-2-3;/h2H,3-5H2,1H3;1-3H2;/q2*-1;+2. The van der Waals surface area contributed by atoms with E-state index >= 15 is 0 Å². The second-order valence-corrected chi connectivity index (χ2v) is 2.13. The molecule has 0 amide bonds. The summed E-state index contributed by atoms with van der Waals surface area (Å²) in [7, 11) is 2.14. The Labute approximate surface area is 78.4 Å². The first kappa shape index (κ1) is 13.2. The molecule has 1 rings (SSSR count).